The topological polar surface area (TPSA) is 46.5 Å². The first-order chi connectivity index (χ1) is 11.7. The van der Waals surface area contributed by atoms with Gasteiger partial charge in [0.2, 0.25) is 0 Å². The number of rotatable bonds is 2. The molecule has 4 aliphatic carbocycles. The molecule has 0 unspecified atom stereocenters. The Bertz CT molecular complexity index is 610. The van der Waals surface area contributed by atoms with Gasteiger partial charge in [-0.25, -0.2) is 0 Å². The predicted octanol–water partition coefficient (Wildman–Crippen LogP) is 4.49. The van der Waals surface area contributed by atoms with E-state index in [1.165, 1.54) is 37.7 Å². The molecule has 25 heavy (non-hydrogen) atoms. The maximum atomic E-state index is 11.9. The molecule has 3 heteroatoms. The molecule has 0 aromatic rings. The number of fused-ring (bicyclic) bond motifs is 3. The molecule has 0 aromatic heterocycles. The Hall–Kier alpha value is -0.830. The van der Waals surface area contributed by atoms with Gasteiger partial charge in [-0.2, -0.15) is 0 Å². The van der Waals surface area contributed by atoms with Crippen LogP contribution >= 0.6 is 0 Å². The van der Waals surface area contributed by atoms with Crippen LogP contribution in [0.4, 0.5) is 0 Å². The Labute approximate surface area is 152 Å². The quantitative estimate of drug-likeness (QED) is 0.592. The third-order valence-electron chi connectivity index (χ3n) is 8.81. The van der Waals surface area contributed by atoms with E-state index >= 15 is 0 Å². The number of esters is 1. The number of hydrogen-bond donors (Lipinski definition) is 1. The fraction of sp³-hybridized carbons (Fsp3) is 0.864. The summed E-state index contributed by atoms with van der Waals surface area (Å²) in [5, 5.41) is 10.2. The van der Waals surface area contributed by atoms with Crippen molar-refractivity contribution in [3.05, 3.63) is 11.6 Å². The van der Waals surface area contributed by atoms with Crippen LogP contribution in [0.15, 0.2) is 11.6 Å². The lowest BCUT2D eigenvalue weighted by Gasteiger charge is -2.65. The van der Waals surface area contributed by atoms with Gasteiger partial charge in [-0.15, -0.1) is 0 Å². The second kappa shape index (κ2) is 5.58. The Morgan fingerprint density at radius 1 is 1.28 bits per heavy atom. The van der Waals surface area contributed by atoms with Gasteiger partial charge in [0.05, 0.1) is 0 Å². The first-order valence-corrected chi connectivity index (χ1v) is 10.2. The number of aliphatic hydroxyl groups is 1. The summed E-state index contributed by atoms with van der Waals surface area (Å²) >= 11 is 0. The molecule has 4 rings (SSSR count). The van der Waals surface area contributed by atoms with Crippen LogP contribution in [0.1, 0.15) is 72.6 Å². The van der Waals surface area contributed by atoms with Gasteiger partial charge < -0.3 is 9.84 Å². The molecule has 0 aromatic carbocycles. The highest BCUT2D eigenvalue weighted by Crippen LogP contribution is 2.71. The van der Waals surface area contributed by atoms with Gasteiger partial charge in [-0.05, 0) is 74.0 Å². The molecule has 4 aliphatic rings. The Morgan fingerprint density at radius 3 is 2.72 bits per heavy atom. The second-order valence-corrected chi connectivity index (χ2v) is 10.1. The van der Waals surface area contributed by atoms with Crippen molar-refractivity contribution in [1.82, 2.24) is 0 Å². The van der Waals surface area contributed by atoms with Crippen LogP contribution < -0.4 is 0 Å². The Balaban J connectivity index is 1.81. The molecule has 0 amide bonds. The summed E-state index contributed by atoms with van der Waals surface area (Å²) in [4.78, 5) is 11.9. The van der Waals surface area contributed by atoms with E-state index in [0.29, 0.717) is 17.8 Å². The van der Waals surface area contributed by atoms with E-state index in [9.17, 15) is 9.90 Å². The lowest BCUT2D eigenvalue weighted by molar-refractivity contribution is -0.208. The molecular formula is C22H34O3. The van der Waals surface area contributed by atoms with Crippen LogP contribution in [-0.2, 0) is 9.53 Å². The zero-order valence-corrected chi connectivity index (χ0v) is 16.3. The van der Waals surface area contributed by atoms with Gasteiger partial charge >= 0.3 is 5.97 Å². The fourth-order valence-electron chi connectivity index (χ4n) is 7.76. The van der Waals surface area contributed by atoms with Gasteiger partial charge in [-0.3, -0.25) is 4.79 Å². The molecule has 3 nitrogen and oxygen atoms in total. The predicted molar refractivity (Wildman–Crippen MR) is 97.8 cm³/mol. The highest BCUT2D eigenvalue weighted by Gasteiger charge is 2.66. The molecule has 140 valence electrons. The van der Waals surface area contributed by atoms with Gasteiger partial charge in [0, 0.05) is 18.9 Å². The smallest absolute Gasteiger partial charge is 0.302 e. The fourth-order valence-corrected chi connectivity index (χ4v) is 7.76. The van der Waals surface area contributed by atoms with Gasteiger partial charge in [0.1, 0.15) is 6.10 Å². The standard InChI is InChI=1S/C22H34O3/c1-14-11-22-12-16(14)6-7-17(22)21(4)9-5-8-20(3,13-23)18(21)10-19(22)25-15(2)24/h11,16-19,23H,5-10,12-13H2,1-4H3/t16-,17+,18-,19+,20-,21+,22+/m1/s1. The van der Waals surface area contributed by atoms with Crippen molar-refractivity contribution >= 4 is 5.97 Å². The zero-order valence-electron chi connectivity index (χ0n) is 16.3. The van der Waals surface area contributed by atoms with E-state index in [2.05, 4.69) is 26.8 Å². The normalized spacial score (nSPS) is 51.3. The summed E-state index contributed by atoms with van der Waals surface area (Å²) in [5.41, 5.74) is 1.76. The molecular weight excluding hydrogens is 312 g/mol. The molecule has 1 spiro atoms. The van der Waals surface area contributed by atoms with Crippen molar-refractivity contribution in [2.24, 2.45) is 34.0 Å². The lowest BCUT2D eigenvalue weighted by atomic mass is 9.40. The molecule has 0 radical (unpaired) electrons. The molecule has 1 N–H and O–H groups in total. The number of aliphatic hydroxyl groups excluding tert-OH is 1. The zero-order chi connectivity index (χ0) is 18.0. The number of allylic oxidation sites excluding steroid dienone is 1. The van der Waals surface area contributed by atoms with Crippen molar-refractivity contribution in [1.29, 1.82) is 0 Å². The van der Waals surface area contributed by atoms with Crippen LogP contribution in [-0.4, -0.2) is 23.8 Å². The highest BCUT2D eigenvalue weighted by molar-refractivity contribution is 5.66. The van der Waals surface area contributed by atoms with Crippen molar-refractivity contribution in [3.63, 3.8) is 0 Å². The van der Waals surface area contributed by atoms with E-state index in [-0.39, 0.29) is 34.9 Å². The molecule has 0 saturated heterocycles. The number of carbonyl (C=O) groups excluding carboxylic acids is 1. The van der Waals surface area contributed by atoms with Crippen molar-refractivity contribution < 1.29 is 14.6 Å². The summed E-state index contributed by atoms with van der Waals surface area (Å²) in [6.45, 7) is 8.83. The molecule has 0 aliphatic heterocycles. The van der Waals surface area contributed by atoms with Crippen molar-refractivity contribution in [2.45, 2.75) is 78.7 Å². The minimum Gasteiger partial charge on any atom is -0.462 e. The summed E-state index contributed by atoms with van der Waals surface area (Å²) < 4.78 is 6.00. The van der Waals surface area contributed by atoms with Crippen LogP contribution in [0, 0.1) is 34.0 Å². The number of carbonyl (C=O) groups is 1. The molecule has 3 fully saturated rings. The average molecular weight is 347 g/mol. The first kappa shape index (κ1) is 17.6. The Morgan fingerprint density at radius 2 is 2.04 bits per heavy atom. The highest BCUT2D eigenvalue weighted by atomic mass is 16.5. The summed E-state index contributed by atoms with van der Waals surface area (Å²) in [6.07, 6.45) is 10.6. The molecule has 7 atom stereocenters. The van der Waals surface area contributed by atoms with E-state index < -0.39 is 0 Å². The van der Waals surface area contributed by atoms with Crippen molar-refractivity contribution in [2.75, 3.05) is 6.61 Å². The van der Waals surface area contributed by atoms with Crippen LogP contribution in [0.3, 0.4) is 0 Å². The third-order valence-corrected chi connectivity index (χ3v) is 8.81. The summed E-state index contributed by atoms with van der Waals surface area (Å²) in [5.74, 6) is 1.54. The van der Waals surface area contributed by atoms with Crippen LogP contribution in [0.25, 0.3) is 0 Å². The van der Waals surface area contributed by atoms with Gasteiger partial charge in [0.15, 0.2) is 0 Å². The van der Waals surface area contributed by atoms with Gasteiger partial charge in [-0.1, -0.05) is 31.9 Å². The number of hydrogen-bond acceptors (Lipinski definition) is 3. The maximum absolute atomic E-state index is 11.9. The largest absolute Gasteiger partial charge is 0.462 e. The summed E-state index contributed by atoms with van der Waals surface area (Å²) in [7, 11) is 0. The van der Waals surface area contributed by atoms with E-state index in [1.54, 1.807) is 6.92 Å². The maximum Gasteiger partial charge on any atom is 0.302 e. The van der Waals surface area contributed by atoms with Crippen molar-refractivity contribution in [3.8, 4) is 0 Å². The lowest BCUT2D eigenvalue weighted by Crippen LogP contribution is -2.62. The van der Waals surface area contributed by atoms with E-state index in [4.69, 9.17) is 4.74 Å². The average Bonchev–Trinajstić information content (AvgIpc) is 2.79. The molecule has 3 saturated carbocycles. The minimum absolute atomic E-state index is 0.0164. The molecule has 2 bridgehead atoms. The SMILES string of the molecule is CC(=O)O[C@H]1C[C@@H]2[C@@](C)(CO)CCC[C@@]2(C)[C@@H]2CC[C@@H]3C[C@]12C=C3C. The van der Waals surface area contributed by atoms with Crippen LogP contribution in [0.5, 0.6) is 0 Å². The van der Waals surface area contributed by atoms with E-state index in [0.717, 1.165) is 12.8 Å². The van der Waals surface area contributed by atoms with Gasteiger partial charge in [0.25, 0.3) is 0 Å². The second-order valence-electron chi connectivity index (χ2n) is 10.1. The Kier molecular flexibility index (Phi) is 3.92. The number of ether oxygens (including phenoxy) is 1. The third kappa shape index (κ3) is 2.30. The van der Waals surface area contributed by atoms with Crippen LogP contribution in [0.2, 0.25) is 0 Å². The monoisotopic (exact) mass is 346 g/mol. The van der Waals surface area contributed by atoms with E-state index in [1.807, 2.05) is 0 Å². The minimum atomic E-state index is -0.150. The first-order valence-electron chi connectivity index (χ1n) is 10.2. The molecule has 0 heterocycles. The summed E-state index contributed by atoms with van der Waals surface area (Å²) in [6, 6.07) is 0.